The van der Waals surface area contributed by atoms with E-state index in [1.54, 1.807) is 24.3 Å². The molecule has 1 aromatic carbocycles. The molecule has 0 amide bonds. The van der Waals surface area contributed by atoms with E-state index in [9.17, 15) is 9.46 Å². The minimum absolute atomic E-state index is 0.309. The highest BCUT2D eigenvalue weighted by atomic mass is 31.2. The monoisotopic (exact) mass is 253 g/mol. The molecule has 3 heteroatoms. The van der Waals surface area contributed by atoms with Crippen molar-refractivity contribution in [2.45, 2.75) is 45.4 Å². The number of hydrogen-bond acceptors (Lipinski definition) is 2. The Labute approximate surface area is 105 Å². The van der Waals surface area contributed by atoms with E-state index < -0.39 is 7.37 Å². The van der Waals surface area contributed by atoms with E-state index in [2.05, 4.69) is 6.92 Å². The van der Waals surface area contributed by atoms with Gasteiger partial charge in [-0.1, -0.05) is 69.4 Å². The van der Waals surface area contributed by atoms with Crippen LogP contribution in [-0.4, -0.2) is 6.16 Å². The molecule has 1 atom stereocenters. The van der Waals surface area contributed by atoms with Crippen LogP contribution in [0.4, 0.5) is 0 Å². The number of rotatable bonds is 8. The molecule has 0 aliphatic rings. The third kappa shape index (κ3) is 5.52. The van der Waals surface area contributed by atoms with E-state index in [0.29, 0.717) is 11.5 Å². The first-order valence-corrected chi connectivity index (χ1v) is 8.33. The van der Waals surface area contributed by atoms with Gasteiger partial charge in [0.2, 0.25) is 0 Å². The van der Waals surface area contributed by atoms with Gasteiger partial charge in [-0.3, -0.25) is 0 Å². The third-order valence-corrected chi connectivity index (χ3v) is 4.95. The van der Waals surface area contributed by atoms with Gasteiger partial charge in [0, 0.05) is 7.37 Å². The standard InChI is InChI=1S/C14H23O2P/c1-2-3-4-5-6-10-13-17(15,16)14-11-8-7-9-12-14/h7-9,11-12H,2-6,10,13H2,1H3,(H,15,16)/p-1. The van der Waals surface area contributed by atoms with Crippen molar-refractivity contribution < 1.29 is 9.46 Å². The normalized spacial score (nSPS) is 14.5. The number of hydrogen-bond donors (Lipinski definition) is 0. The molecular formula is C14H22O2P-. The molecular weight excluding hydrogens is 231 g/mol. The van der Waals surface area contributed by atoms with Crippen LogP contribution < -0.4 is 10.2 Å². The van der Waals surface area contributed by atoms with E-state index in [0.717, 1.165) is 19.3 Å². The molecule has 0 radical (unpaired) electrons. The molecule has 1 aromatic rings. The van der Waals surface area contributed by atoms with Gasteiger partial charge in [0.05, 0.1) is 0 Å². The molecule has 17 heavy (non-hydrogen) atoms. The molecule has 0 aromatic heterocycles. The van der Waals surface area contributed by atoms with Crippen molar-refractivity contribution in [3.63, 3.8) is 0 Å². The van der Waals surface area contributed by atoms with Crippen LogP contribution in [0.25, 0.3) is 0 Å². The number of benzene rings is 1. The fraction of sp³-hybridized carbons (Fsp3) is 0.571. The Kier molecular flexibility index (Phi) is 6.54. The van der Waals surface area contributed by atoms with Gasteiger partial charge in [-0.15, -0.1) is 0 Å². The fourth-order valence-electron chi connectivity index (χ4n) is 1.88. The summed E-state index contributed by atoms with van der Waals surface area (Å²) < 4.78 is 11.9. The molecule has 0 bridgehead atoms. The molecule has 2 nitrogen and oxygen atoms in total. The smallest absolute Gasteiger partial charge is 0.0433 e. The summed E-state index contributed by atoms with van der Waals surface area (Å²) in [5, 5.41) is 0.480. The quantitative estimate of drug-likeness (QED) is 0.526. The van der Waals surface area contributed by atoms with Crippen LogP contribution in [0.3, 0.4) is 0 Å². The van der Waals surface area contributed by atoms with Crippen molar-refractivity contribution in [3.8, 4) is 0 Å². The lowest BCUT2D eigenvalue weighted by Gasteiger charge is -2.23. The van der Waals surface area contributed by atoms with Crippen LogP contribution in [0.2, 0.25) is 0 Å². The predicted molar refractivity (Wildman–Crippen MR) is 71.9 cm³/mol. The molecule has 0 fully saturated rings. The van der Waals surface area contributed by atoms with Crippen molar-refractivity contribution in [2.75, 3.05) is 6.16 Å². The number of unbranched alkanes of at least 4 members (excludes halogenated alkanes) is 5. The molecule has 0 N–H and O–H groups in total. The Morgan fingerprint density at radius 3 is 2.24 bits per heavy atom. The highest BCUT2D eigenvalue weighted by Crippen LogP contribution is 2.35. The van der Waals surface area contributed by atoms with Gasteiger partial charge in [-0.25, -0.2) is 0 Å². The Bertz CT molecular complexity index is 348. The molecule has 0 saturated carbocycles. The van der Waals surface area contributed by atoms with Gasteiger partial charge in [0.15, 0.2) is 0 Å². The zero-order valence-electron chi connectivity index (χ0n) is 10.6. The van der Waals surface area contributed by atoms with Crippen molar-refractivity contribution in [1.29, 1.82) is 0 Å². The van der Waals surface area contributed by atoms with Crippen LogP contribution in [0, 0.1) is 0 Å². The average Bonchev–Trinajstić information content (AvgIpc) is 2.35. The maximum absolute atomic E-state index is 11.9. The van der Waals surface area contributed by atoms with E-state index in [1.807, 2.05) is 6.07 Å². The van der Waals surface area contributed by atoms with Gasteiger partial charge in [0.1, 0.15) is 0 Å². The van der Waals surface area contributed by atoms with Crippen LogP contribution >= 0.6 is 7.37 Å². The molecule has 1 unspecified atom stereocenters. The Morgan fingerprint density at radius 1 is 1.00 bits per heavy atom. The summed E-state index contributed by atoms with van der Waals surface area (Å²) in [7, 11) is -3.35. The maximum Gasteiger partial charge on any atom is 0.0433 e. The second-order valence-electron chi connectivity index (χ2n) is 4.50. The van der Waals surface area contributed by atoms with Crippen molar-refractivity contribution in [1.82, 2.24) is 0 Å². The lowest BCUT2D eigenvalue weighted by molar-refractivity contribution is -0.171. The summed E-state index contributed by atoms with van der Waals surface area (Å²) >= 11 is 0. The Morgan fingerprint density at radius 2 is 1.59 bits per heavy atom. The van der Waals surface area contributed by atoms with E-state index in [1.165, 1.54) is 19.3 Å². The summed E-state index contributed by atoms with van der Waals surface area (Å²) in [5.74, 6) is 0. The SMILES string of the molecule is CCCCCCCCP(=O)([O-])c1ccccc1. The van der Waals surface area contributed by atoms with Crippen molar-refractivity contribution >= 4 is 12.7 Å². The molecule has 0 spiro atoms. The van der Waals surface area contributed by atoms with E-state index in [4.69, 9.17) is 0 Å². The summed E-state index contributed by atoms with van der Waals surface area (Å²) in [6, 6.07) is 8.77. The first-order chi connectivity index (χ1) is 8.17. The molecule has 0 aliphatic carbocycles. The highest BCUT2D eigenvalue weighted by molar-refractivity contribution is 7.64. The van der Waals surface area contributed by atoms with E-state index in [-0.39, 0.29) is 0 Å². The van der Waals surface area contributed by atoms with E-state index >= 15 is 0 Å². The summed E-state index contributed by atoms with van der Waals surface area (Å²) in [5.41, 5.74) is 0. The van der Waals surface area contributed by atoms with Gasteiger partial charge in [-0.05, 0) is 17.9 Å². The third-order valence-electron chi connectivity index (χ3n) is 2.96. The molecule has 0 aliphatic heterocycles. The molecule has 0 saturated heterocycles. The van der Waals surface area contributed by atoms with Crippen LogP contribution in [0.1, 0.15) is 45.4 Å². The Hall–Kier alpha value is -0.590. The topological polar surface area (TPSA) is 40.1 Å². The van der Waals surface area contributed by atoms with Crippen LogP contribution in [0.5, 0.6) is 0 Å². The van der Waals surface area contributed by atoms with Crippen LogP contribution in [-0.2, 0) is 4.57 Å². The lowest BCUT2D eigenvalue weighted by atomic mass is 10.1. The first-order valence-electron chi connectivity index (χ1n) is 6.52. The van der Waals surface area contributed by atoms with Gasteiger partial charge >= 0.3 is 0 Å². The fourth-order valence-corrected chi connectivity index (χ4v) is 3.41. The Balaban J connectivity index is 2.28. The largest absolute Gasteiger partial charge is 0.796 e. The summed E-state index contributed by atoms with van der Waals surface area (Å²) in [6.45, 7) is 2.18. The van der Waals surface area contributed by atoms with Crippen molar-refractivity contribution in [2.24, 2.45) is 0 Å². The summed E-state index contributed by atoms with van der Waals surface area (Å²) in [4.78, 5) is 11.9. The predicted octanol–water partition coefficient (Wildman–Crippen LogP) is 3.31. The molecule has 96 valence electrons. The van der Waals surface area contributed by atoms with Gasteiger partial charge in [-0.2, -0.15) is 0 Å². The zero-order chi connectivity index (χ0) is 12.6. The minimum atomic E-state index is -3.35. The second-order valence-corrected chi connectivity index (χ2v) is 6.81. The van der Waals surface area contributed by atoms with Gasteiger partial charge in [0.25, 0.3) is 0 Å². The maximum atomic E-state index is 11.9. The molecule has 1 rings (SSSR count). The van der Waals surface area contributed by atoms with Crippen LogP contribution in [0.15, 0.2) is 30.3 Å². The zero-order valence-corrected chi connectivity index (χ0v) is 11.5. The average molecular weight is 253 g/mol. The lowest BCUT2D eigenvalue weighted by Crippen LogP contribution is -2.17. The van der Waals surface area contributed by atoms with Crippen molar-refractivity contribution in [3.05, 3.63) is 30.3 Å². The molecule has 0 heterocycles. The summed E-state index contributed by atoms with van der Waals surface area (Å²) in [6.07, 6.45) is 6.99. The minimum Gasteiger partial charge on any atom is -0.796 e. The second kappa shape index (κ2) is 7.68. The van der Waals surface area contributed by atoms with Gasteiger partial charge < -0.3 is 9.46 Å². The first kappa shape index (κ1) is 14.5. The highest BCUT2D eigenvalue weighted by Gasteiger charge is 2.09.